The Morgan fingerprint density at radius 3 is 1.22 bits per heavy atom. The highest BCUT2D eigenvalue weighted by Crippen LogP contribution is 2.35. The molecule has 6 nitrogen and oxygen atoms in total. The van der Waals surface area contributed by atoms with E-state index in [2.05, 4.69) is 0 Å². The maximum absolute atomic E-state index is 11.8. The normalized spacial score (nSPS) is 13.7. The number of hydrogen-bond donors (Lipinski definition) is 0. The Morgan fingerprint density at radius 2 is 0.926 bits per heavy atom. The van der Waals surface area contributed by atoms with Crippen molar-refractivity contribution in [2.45, 2.75) is 39.1 Å². The second-order valence-electron chi connectivity index (χ2n) is 5.96. The molecule has 2 rings (SSSR count). The lowest BCUT2D eigenvalue weighted by molar-refractivity contribution is -0.184. The molecule has 0 N–H and O–H groups in total. The first kappa shape index (κ1) is 20.2. The van der Waals surface area contributed by atoms with Crippen LogP contribution in [0, 0.1) is 0 Å². The number of carbonyl (C=O) groups is 3. The molecule has 2 atom stereocenters. The molecule has 0 aliphatic carbocycles. The predicted octanol–water partition coefficient (Wildman–Crippen LogP) is 3.53. The van der Waals surface area contributed by atoms with E-state index < -0.39 is 36.2 Å². The van der Waals surface area contributed by atoms with Gasteiger partial charge in [0.2, 0.25) is 0 Å². The largest absolute Gasteiger partial charge is 0.454 e. The van der Waals surface area contributed by atoms with Crippen LogP contribution in [-0.2, 0) is 28.6 Å². The van der Waals surface area contributed by atoms with Gasteiger partial charge in [0.15, 0.2) is 18.3 Å². The lowest BCUT2D eigenvalue weighted by Gasteiger charge is -2.32. The summed E-state index contributed by atoms with van der Waals surface area (Å²) in [6, 6.07) is 17.7. The molecule has 0 saturated carbocycles. The molecule has 2 aromatic carbocycles. The SMILES string of the molecule is CC(=O)OC(c1ccccc1)C(OC(C)=O)C(OC(C)=O)c1ccccc1. The zero-order valence-corrected chi connectivity index (χ0v) is 15.5. The van der Waals surface area contributed by atoms with Crippen LogP contribution in [0.5, 0.6) is 0 Å². The average molecular weight is 370 g/mol. The summed E-state index contributed by atoms with van der Waals surface area (Å²) in [5.74, 6) is -1.67. The maximum atomic E-state index is 11.8. The van der Waals surface area contributed by atoms with Crippen molar-refractivity contribution in [3.8, 4) is 0 Å². The van der Waals surface area contributed by atoms with E-state index in [1.807, 2.05) is 12.1 Å². The van der Waals surface area contributed by atoms with Crippen LogP contribution >= 0.6 is 0 Å². The molecular formula is C21H22O6. The Labute approximate surface area is 158 Å². The van der Waals surface area contributed by atoms with E-state index in [9.17, 15) is 14.4 Å². The van der Waals surface area contributed by atoms with Gasteiger partial charge in [-0.25, -0.2) is 0 Å². The fourth-order valence-electron chi connectivity index (χ4n) is 2.77. The monoisotopic (exact) mass is 370 g/mol. The van der Waals surface area contributed by atoms with Gasteiger partial charge in [-0.1, -0.05) is 60.7 Å². The van der Waals surface area contributed by atoms with Crippen molar-refractivity contribution in [3.63, 3.8) is 0 Å². The van der Waals surface area contributed by atoms with Gasteiger partial charge in [-0.15, -0.1) is 0 Å². The fraction of sp³-hybridized carbons (Fsp3) is 0.286. The number of benzene rings is 2. The number of ether oxygens (including phenoxy) is 3. The average Bonchev–Trinajstić information content (AvgIpc) is 2.63. The lowest BCUT2D eigenvalue weighted by Crippen LogP contribution is -2.35. The quantitative estimate of drug-likeness (QED) is 0.548. The van der Waals surface area contributed by atoms with Crippen LogP contribution in [0.25, 0.3) is 0 Å². The zero-order valence-electron chi connectivity index (χ0n) is 15.5. The summed E-state index contributed by atoms with van der Waals surface area (Å²) in [6.07, 6.45) is -2.95. The van der Waals surface area contributed by atoms with Gasteiger partial charge in [-0.05, 0) is 11.1 Å². The van der Waals surface area contributed by atoms with Crippen molar-refractivity contribution in [1.29, 1.82) is 0 Å². The van der Waals surface area contributed by atoms with Crippen LogP contribution in [0.3, 0.4) is 0 Å². The standard InChI is InChI=1S/C21H22O6/c1-14(22)25-19(17-10-6-4-7-11-17)21(27-16(3)24)20(26-15(2)23)18-12-8-5-9-13-18/h4-13,19-21H,1-3H3. The van der Waals surface area contributed by atoms with Crippen molar-refractivity contribution in [1.82, 2.24) is 0 Å². The number of esters is 3. The Balaban J connectivity index is 2.54. The highest BCUT2D eigenvalue weighted by molar-refractivity contribution is 5.68. The van der Waals surface area contributed by atoms with Gasteiger partial charge in [0.25, 0.3) is 0 Å². The molecule has 2 aromatic rings. The van der Waals surface area contributed by atoms with Crippen molar-refractivity contribution in [3.05, 3.63) is 71.8 Å². The van der Waals surface area contributed by atoms with Gasteiger partial charge in [-0.2, -0.15) is 0 Å². The summed E-state index contributed by atoms with van der Waals surface area (Å²) in [6.45, 7) is 3.78. The third-order valence-corrected chi connectivity index (χ3v) is 3.74. The van der Waals surface area contributed by atoms with E-state index in [-0.39, 0.29) is 0 Å². The predicted molar refractivity (Wildman–Crippen MR) is 97.5 cm³/mol. The van der Waals surface area contributed by atoms with E-state index in [1.54, 1.807) is 48.5 Å². The number of rotatable bonds is 7. The van der Waals surface area contributed by atoms with Gasteiger partial charge < -0.3 is 14.2 Å². The molecule has 2 unspecified atom stereocenters. The van der Waals surface area contributed by atoms with Gasteiger partial charge >= 0.3 is 17.9 Å². The smallest absolute Gasteiger partial charge is 0.303 e. The van der Waals surface area contributed by atoms with E-state index >= 15 is 0 Å². The van der Waals surface area contributed by atoms with Crippen molar-refractivity contribution in [2.75, 3.05) is 0 Å². The highest BCUT2D eigenvalue weighted by atomic mass is 16.6. The van der Waals surface area contributed by atoms with E-state index in [0.717, 1.165) is 0 Å². The second kappa shape index (κ2) is 9.52. The third kappa shape index (κ3) is 5.95. The molecule has 0 aliphatic rings. The molecule has 0 saturated heterocycles. The molecule has 6 heteroatoms. The summed E-state index contributed by atoms with van der Waals surface area (Å²) in [7, 11) is 0. The molecule has 0 spiro atoms. The van der Waals surface area contributed by atoms with Crippen LogP contribution in [0.2, 0.25) is 0 Å². The van der Waals surface area contributed by atoms with Crippen LogP contribution in [0.15, 0.2) is 60.7 Å². The summed E-state index contributed by atoms with van der Waals surface area (Å²) in [5, 5.41) is 0. The molecule has 0 bridgehead atoms. The van der Waals surface area contributed by atoms with E-state index in [4.69, 9.17) is 14.2 Å². The molecule has 0 radical (unpaired) electrons. The second-order valence-corrected chi connectivity index (χ2v) is 5.96. The molecule has 0 amide bonds. The molecule has 0 aliphatic heterocycles. The summed E-state index contributed by atoms with van der Waals surface area (Å²) < 4.78 is 16.4. The molecular weight excluding hydrogens is 348 g/mol. The van der Waals surface area contributed by atoms with Gasteiger partial charge in [0, 0.05) is 20.8 Å². The van der Waals surface area contributed by atoms with E-state index in [0.29, 0.717) is 11.1 Å². The summed E-state index contributed by atoms with van der Waals surface area (Å²) in [4.78, 5) is 35.3. The van der Waals surface area contributed by atoms with E-state index in [1.165, 1.54) is 20.8 Å². The van der Waals surface area contributed by atoms with Crippen LogP contribution in [0.4, 0.5) is 0 Å². The fourth-order valence-corrected chi connectivity index (χ4v) is 2.77. The highest BCUT2D eigenvalue weighted by Gasteiger charge is 2.38. The van der Waals surface area contributed by atoms with Crippen LogP contribution < -0.4 is 0 Å². The Morgan fingerprint density at radius 1 is 0.593 bits per heavy atom. The van der Waals surface area contributed by atoms with Gasteiger partial charge in [0.1, 0.15) is 0 Å². The molecule has 0 fully saturated rings. The first-order valence-corrected chi connectivity index (χ1v) is 8.50. The minimum Gasteiger partial charge on any atom is -0.454 e. The Hall–Kier alpha value is -3.15. The molecule has 0 heterocycles. The van der Waals surface area contributed by atoms with Crippen molar-refractivity contribution in [2.24, 2.45) is 0 Å². The Bertz CT molecular complexity index is 712. The lowest BCUT2D eigenvalue weighted by atomic mass is 9.95. The third-order valence-electron chi connectivity index (χ3n) is 3.74. The molecule has 142 valence electrons. The first-order valence-electron chi connectivity index (χ1n) is 8.50. The first-order chi connectivity index (χ1) is 12.9. The minimum atomic E-state index is -1.06. The maximum Gasteiger partial charge on any atom is 0.303 e. The van der Waals surface area contributed by atoms with Crippen molar-refractivity contribution < 1.29 is 28.6 Å². The molecule has 27 heavy (non-hydrogen) atoms. The number of hydrogen-bond acceptors (Lipinski definition) is 6. The Kier molecular flexibility index (Phi) is 7.11. The van der Waals surface area contributed by atoms with Crippen LogP contribution in [0.1, 0.15) is 44.1 Å². The summed E-state index contributed by atoms with van der Waals surface area (Å²) >= 11 is 0. The summed E-state index contributed by atoms with van der Waals surface area (Å²) in [5.41, 5.74) is 1.24. The molecule has 0 aromatic heterocycles. The van der Waals surface area contributed by atoms with Gasteiger partial charge in [-0.3, -0.25) is 14.4 Å². The zero-order chi connectivity index (χ0) is 19.8. The van der Waals surface area contributed by atoms with Crippen molar-refractivity contribution >= 4 is 17.9 Å². The number of carbonyl (C=O) groups excluding carboxylic acids is 3. The topological polar surface area (TPSA) is 78.9 Å². The van der Waals surface area contributed by atoms with Gasteiger partial charge in [0.05, 0.1) is 0 Å². The van der Waals surface area contributed by atoms with Crippen LogP contribution in [-0.4, -0.2) is 24.0 Å². The minimum absolute atomic E-state index is 0.546.